The van der Waals surface area contributed by atoms with Crippen LogP contribution in [0.2, 0.25) is 0 Å². The maximum Gasteiger partial charge on any atom is 0.257 e. The molecule has 4 rings (SSSR count). The third-order valence-corrected chi connectivity index (χ3v) is 4.23. The molecule has 2 aromatic rings. The summed E-state index contributed by atoms with van der Waals surface area (Å²) in [6, 6.07) is 6.54. The maximum atomic E-state index is 5.42. The van der Waals surface area contributed by atoms with Gasteiger partial charge in [-0.2, -0.15) is 4.98 Å². The molecule has 2 heterocycles. The van der Waals surface area contributed by atoms with Gasteiger partial charge in [-0.3, -0.25) is 0 Å². The van der Waals surface area contributed by atoms with Crippen LogP contribution in [-0.4, -0.2) is 23.2 Å². The van der Waals surface area contributed by atoms with E-state index in [1.54, 1.807) is 0 Å². The first-order chi connectivity index (χ1) is 9.88. The van der Waals surface area contributed by atoms with Crippen LogP contribution in [-0.2, 0) is 19.3 Å². The number of nitrogens with one attached hydrogen (secondary N) is 1. The molecule has 1 aromatic heterocycles. The lowest BCUT2D eigenvalue weighted by molar-refractivity contribution is 0.421. The number of fused-ring (bicyclic) bond motifs is 1. The molecule has 1 aliphatic carbocycles. The minimum Gasteiger partial charge on any atom is -0.334 e. The van der Waals surface area contributed by atoms with E-state index in [9.17, 15) is 0 Å². The molecule has 1 aromatic carbocycles. The summed E-state index contributed by atoms with van der Waals surface area (Å²) < 4.78 is 5.42. The normalized spacial score (nSPS) is 18.6. The number of aromatic nitrogens is 2. The van der Waals surface area contributed by atoms with Crippen LogP contribution < -0.4 is 5.32 Å². The average Bonchev–Trinajstić information content (AvgIpc) is 3.20. The van der Waals surface area contributed by atoms with Gasteiger partial charge < -0.3 is 9.84 Å². The van der Waals surface area contributed by atoms with Crippen molar-refractivity contribution in [3.63, 3.8) is 0 Å². The van der Waals surface area contributed by atoms with Crippen LogP contribution in [0.25, 0.3) is 11.5 Å². The van der Waals surface area contributed by atoms with Gasteiger partial charge in [0.2, 0.25) is 0 Å². The number of benzene rings is 1. The summed E-state index contributed by atoms with van der Waals surface area (Å²) in [4.78, 5) is 4.54. The fraction of sp³-hybridized carbons (Fsp3) is 0.500. The van der Waals surface area contributed by atoms with Crippen LogP contribution in [0.3, 0.4) is 0 Å². The Morgan fingerprint density at radius 2 is 2.00 bits per heavy atom. The largest absolute Gasteiger partial charge is 0.334 e. The van der Waals surface area contributed by atoms with Gasteiger partial charge in [-0.15, -0.1) is 0 Å². The second-order valence-corrected chi connectivity index (χ2v) is 5.90. The number of hydrogen-bond acceptors (Lipinski definition) is 4. The van der Waals surface area contributed by atoms with E-state index < -0.39 is 0 Å². The Hall–Kier alpha value is -1.68. The third kappa shape index (κ3) is 2.48. The van der Waals surface area contributed by atoms with E-state index in [-0.39, 0.29) is 0 Å². The number of nitrogens with zero attached hydrogens (tertiary/aromatic N) is 2. The van der Waals surface area contributed by atoms with Crippen molar-refractivity contribution in [2.45, 2.75) is 32.1 Å². The van der Waals surface area contributed by atoms with Gasteiger partial charge in [-0.1, -0.05) is 11.2 Å². The predicted octanol–water partition coefficient (Wildman–Crippen LogP) is 2.38. The average molecular weight is 269 g/mol. The van der Waals surface area contributed by atoms with Crippen LogP contribution in [0.1, 0.15) is 29.8 Å². The van der Waals surface area contributed by atoms with Crippen molar-refractivity contribution in [2.75, 3.05) is 13.1 Å². The standard InChI is InChI=1S/C16H19N3O/c1-2-11(1)9-15-18-16(20-19-15)14-4-3-12-5-7-17-8-6-13(12)10-14/h3-4,10-11,17H,1-2,5-9H2. The van der Waals surface area contributed by atoms with Crippen molar-refractivity contribution in [1.82, 2.24) is 15.5 Å². The monoisotopic (exact) mass is 269 g/mol. The van der Waals surface area contributed by atoms with Crippen molar-refractivity contribution in [2.24, 2.45) is 5.92 Å². The van der Waals surface area contributed by atoms with E-state index in [0.717, 1.165) is 49.7 Å². The smallest absolute Gasteiger partial charge is 0.257 e. The Morgan fingerprint density at radius 3 is 2.85 bits per heavy atom. The molecule has 4 nitrogen and oxygen atoms in total. The summed E-state index contributed by atoms with van der Waals surface area (Å²) in [7, 11) is 0. The van der Waals surface area contributed by atoms with Crippen LogP contribution in [0, 0.1) is 5.92 Å². The fourth-order valence-electron chi connectivity index (χ4n) is 2.84. The van der Waals surface area contributed by atoms with Crippen LogP contribution in [0.5, 0.6) is 0 Å². The zero-order valence-electron chi connectivity index (χ0n) is 11.6. The molecule has 1 aliphatic heterocycles. The lowest BCUT2D eigenvalue weighted by Gasteiger charge is -2.05. The Labute approximate surface area is 118 Å². The summed E-state index contributed by atoms with van der Waals surface area (Å²) >= 11 is 0. The molecule has 0 bridgehead atoms. The van der Waals surface area contributed by atoms with Crippen LogP contribution >= 0.6 is 0 Å². The minimum absolute atomic E-state index is 0.667. The molecule has 2 aliphatic rings. The highest BCUT2D eigenvalue weighted by molar-refractivity contribution is 5.56. The highest BCUT2D eigenvalue weighted by Crippen LogP contribution is 2.32. The molecule has 0 spiro atoms. The summed E-state index contributed by atoms with van der Waals surface area (Å²) in [5.74, 6) is 2.32. The van der Waals surface area contributed by atoms with Gasteiger partial charge in [0.1, 0.15) is 0 Å². The number of rotatable bonds is 3. The van der Waals surface area contributed by atoms with Crippen LogP contribution in [0.15, 0.2) is 22.7 Å². The molecular weight excluding hydrogens is 250 g/mol. The Balaban J connectivity index is 1.60. The SMILES string of the molecule is c1cc2c(cc1-c1nc(CC3CC3)no1)CCNCC2. The third-order valence-electron chi connectivity index (χ3n) is 4.23. The summed E-state index contributed by atoms with van der Waals surface area (Å²) in [5, 5.41) is 7.54. The first kappa shape index (κ1) is 12.1. The quantitative estimate of drug-likeness (QED) is 0.929. The zero-order chi connectivity index (χ0) is 13.4. The molecule has 20 heavy (non-hydrogen) atoms. The lowest BCUT2D eigenvalue weighted by atomic mass is 10.00. The molecular formula is C16H19N3O. The summed E-state index contributed by atoms with van der Waals surface area (Å²) in [6.07, 6.45) is 5.78. The first-order valence-corrected chi connectivity index (χ1v) is 7.54. The van der Waals surface area contributed by atoms with Crippen molar-refractivity contribution in [1.29, 1.82) is 0 Å². The van der Waals surface area contributed by atoms with E-state index in [4.69, 9.17) is 4.52 Å². The lowest BCUT2D eigenvalue weighted by Crippen LogP contribution is -2.16. The van der Waals surface area contributed by atoms with Gasteiger partial charge in [-0.25, -0.2) is 0 Å². The Bertz CT molecular complexity index is 616. The maximum absolute atomic E-state index is 5.42. The first-order valence-electron chi connectivity index (χ1n) is 7.54. The zero-order valence-corrected chi connectivity index (χ0v) is 11.6. The second kappa shape index (κ2) is 5.02. The van der Waals surface area contributed by atoms with Gasteiger partial charge in [0.15, 0.2) is 5.82 Å². The topological polar surface area (TPSA) is 51.0 Å². The Morgan fingerprint density at radius 1 is 1.15 bits per heavy atom. The van der Waals surface area contributed by atoms with E-state index >= 15 is 0 Å². The van der Waals surface area contributed by atoms with Gasteiger partial charge in [0.25, 0.3) is 5.89 Å². The van der Waals surface area contributed by atoms with Gasteiger partial charge in [0, 0.05) is 12.0 Å². The Kier molecular flexibility index (Phi) is 3.03. The number of hydrogen-bond donors (Lipinski definition) is 1. The molecule has 0 amide bonds. The second-order valence-electron chi connectivity index (χ2n) is 5.90. The highest BCUT2D eigenvalue weighted by atomic mass is 16.5. The van der Waals surface area contributed by atoms with E-state index in [1.807, 2.05) is 0 Å². The van der Waals surface area contributed by atoms with Crippen LogP contribution in [0.4, 0.5) is 0 Å². The van der Waals surface area contributed by atoms with Crippen molar-refractivity contribution in [3.8, 4) is 11.5 Å². The van der Waals surface area contributed by atoms with Gasteiger partial charge >= 0.3 is 0 Å². The van der Waals surface area contributed by atoms with Crippen molar-refractivity contribution < 1.29 is 4.52 Å². The molecule has 0 atom stereocenters. The van der Waals surface area contributed by atoms with E-state index in [0.29, 0.717) is 5.89 Å². The molecule has 1 N–H and O–H groups in total. The van der Waals surface area contributed by atoms with Gasteiger partial charge in [-0.05, 0) is 68.0 Å². The van der Waals surface area contributed by atoms with Crippen molar-refractivity contribution >= 4 is 0 Å². The van der Waals surface area contributed by atoms with E-state index in [1.165, 1.54) is 24.0 Å². The molecule has 0 radical (unpaired) electrons. The molecule has 104 valence electrons. The summed E-state index contributed by atoms with van der Waals surface area (Å²) in [5.41, 5.74) is 3.91. The molecule has 1 fully saturated rings. The minimum atomic E-state index is 0.667. The molecule has 4 heteroatoms. The molecule has 1 saturated carbocycles. The predicted molar refractivity (Wildman–Crippen MR) is 76.4 cm³/mol. The summed E-state index contributed by atoms with van der Waals surface area (Å²) in [6.45, 7) is 2.12. The molecule has 0 unspecified atom stereocenters. The molecule has 0 saturated heterocycles. The highest BCUT2D eigenvalue weighted by Gasteiger charge is 2.24. The van der Waals surface area contributed by atoms with Gasteiger partial charge in [0.05, 0.1) is 0 Å². The fourth-order valence-corrected chi connectivity index (χ4v) is 2.84. The van der Waals surface area contributed by atoms with Crippen molar-refractivity contribution in [3.05, 3.63) is 35.2 Å². The van der Waals surface area contributed by atoms with E-state index in [2.05, 4.69) is 33.7 Å².